The SMILES string of the molecule is COC(=O)c1ccc(C=Cc2ccc(C=Cc3ccc(F)cc3)cc2)cc1. The molecule has 0 aromatic heterocycles. The van der Waals surface area contributed by atoms with Crippen LogP contribution in [0.15, 0.2) is 72.8 Å². The highest BCUT2D eigenvalue weighted by Crippen LogP contribution is 2.14. The van der Waals surface area contributed by atoms with E-state index in [1.165, 1.54) is 19.2 Å². The quantitative estimate of drug-likeness (QED) is 0.416. The van der Waals surface area contributed by atoms with Crippen molar-refractivity contribution in [2.75, 3.05) is 7.11 Å². The van der Waals surface area contributed by atoms with Gasteiger partial charge >= 0.3 is 5.97 Å². The van der Waals surface area contributed by atoms with E-state index in [-0.39, 0.29) is 11.8 Å². The van der Waals surface area contributed by atoms with Crippen molar-refractivity contribution in [3.63, 3.8) is 0 Å². The van der Waals surface area contributed by atoms with Crippen LogP contribution in [0, 0.1) is 5.82 Å². The van der Waals surface area contributed by atoms with E-state index in [2.05, 4.69) is 0 Å². The topological polar surface area (TPSA) is 26.3 Å². The lowest BCUT2D eigenvalue weighted by Crippen LogP contribution is -2.00. The van der Waals surface area contributed by atoms with Gasteiger partial charge in [-0.2, -0.15) is 0 Å². The summed E-state index contributed by atoms with van der Waals surface area (Å²) < 4.78 is 17.6. The smallest absolute Gasteiger partial charge is 0.337 e. The van der Waals surface area contributed by atoms with Crippen LogP contribution in [0.5, 0.6) is 0 Å². The monoisotopic (exact) mass is 358 g/mol. The predicted octanol–water partition coefficient (Wildman–Crippen LogP) is 5.95. The molecular formula is C24H19FO2. The van der Waals surface area contributed by atoms with E-state index in [0.717, 1.165) is 22.3 Å². The van der Waals surface area contributed by atoms with Crippen molar-refractivity contribution >= 4 is 30.3 Å². The number of carbonyl (C=O) groups is 1. The van der Waals surface area contributed by atoms with E-state index < -0.39 is 0 Å². The van der Waals surface area contributed by atoms with Gasteiger partial charge in [-0.15, -0.1) is 0 Å². The molecule has 0 aliphatic carbocycles. The van der Waals surface area contributed by atoms with Crippen LogP contribution in [0.1, 0.15) is 32.6 Å². The first-order chi connectivity index (χ1) is 13.1. The third-order valence-electron chi connectivity index (χ3n) is 4.07. The molecule has 0 heterocycles. The Labute approximate surface area is 158 Å². The molecule has 0 fully saturated rings. The molecule has 134 valence electrons. The van der Waals surface area contributed by atoms with Crippen LogP contribution >= 0.6 is 0 Å². The van der Waals surface area contributed by atoms with Crippen LogP contribution in [0.2, 0.25) is 0 Å². The molecule has 3 aromatic carbocycles. The highest BCUT2D eigenvalue weighted by Gasteiger charge is 2.03. The summed E-state index contributed by atoms with van der Waals surface area (Å²) in [6, 6.07) is 21.8. The van der Waals surface area contributed by atoms with Gasteiger partial charge in [0.2, 0.25) is 0 Å². The van der Waals surface area contributed by atoms with E-state index in [1.807, 2.05) is 60.7 Å². The standard InChI is InChI=1S/C24H19FO2/c1-27-24(26)22-14-10-20(11-15-22)8-6-18-2-4-19(5-3-18)7-9-21-12-16-23(25)17-13-21/h2-17H,1H3. The van der Waals surface area contributed by atoms with Gasteiger partial charge in [-0.05, 0) is 46.5 Å². The van der Waals surface area contributed by atoms with Gasteiger partial charge in [-0.1, -0.05) is 72.8 Å². The minimum Gasteiger partial charge on any atom is -0.465 e. The number of halogens is 1. The molecule has 0 bridgehead atoms. The summed E-state index contributed by atoms with van der Waals surface area (Å²) in [7, 11) is 1.37. The fraction of sp³-hybridized carbons (Fsp3) is 0.0417. The van der Waals surface area contributed by atoms with E-state index in [4.69, 9.17) is 4.74 Å². The molecule has 0 atom stereocenters. The molecule has 2 nitrogen and oxygen atoms in total. The molecule has 0 N–H and O–H groups in total. The molecule has 3 heteroatoms. The van der Waals surface area contributed by atoms with Crippen molar-refractivity contribution in [3.05, 3.63) is 106 Å². The van der Waals surface area contributed by atoms with E-state index in [1.54, 1.807) is 24.3 Å². The average molecular weight is 358 g/mol. The zero-order valence-electron chi connectivity index (χ0n) is 14.9. The third kappa shape index (κ3) is 5.25. The summed E-state index contributed by atoms with van der Waals surface area (Å²) in [4.78, 5) is 11.4. The molecule has 0 saturated heterocycles. The number of hydrogen-bond acceptors (Lipinski definition) is 2. The Balaban J connectivity index is 1.64. The summed E-state index contributed by atoms with van der Waals surface area (Å²) in [5.41, 5.74) is 4.63. The molecule has 0 unspecified atom stereocenters. The zero-order valence-corrected chi connectivity index (χ0v) is 14.9. The van der Waals surface area contributed by atoms with Gasteiger partial charge in [0.1, 0.15) is 5.82 Å². The molecule has 0 radical (unpaired) electrons. The van der Waals surface area contributed by atoms with Gasteiger partial charge in [0.05, 0.1) is 12.7 Å². The molecule has 0 saturated carbocycles. The second-order valence-corrected chi connectivity index (χ2v) is 6.00. The average Bonchev–Trinajstić information content (AvgIpc) is 2.72. The normalized spacial score (nSPS) is 11.2. The highest BCUT2D eigenvalue weighted by atomic mass is 19.1. The number of hydrogen-bond donors (Lipinski definition) is 0. The van der Waals surface area contributed by atoms with Crippen molar-refractivity contribution < 1.29 is 13.9 Å². The third-order valence-corrected chi connectivity index (χ3v) is 4.07. The van der Waals surface area contributed by atoms with Gasteiger partial charge < -0.3 is 4.74 Å². The van der Waals surface area contributed by atoms with Crippen molar-refractivity contribution in [2.45, 2.75) is 0 Å². The Morgan fingerprint density at radius 1 is 0.667 bits per heavy atom. The van der Waals surface area contributed by atoms with Gasteiger partial charge in [0.25, 0.3) is 0 Å². The Morgan fingerprint density at radius 3 is 1.37 bits per heavy atom. The summed E-state index contributed by atoms with van der Waals surface area (Å²) >= 11 is 0. The van der Waals surface area contributed by atoms with E-state index in [9.17, 15) is 9.18 Å². The van der Waals surface area contributed by atoms with Gasteiger partial charge in [0.15, 0.2) is 0 Å². The molecule has 0 aliphatic heterocycles. The lowest BCUT2D eigenvalue weighted by Gasteiger charge is -2.00. The molecule has 3 rings (SSSR count). The van der Waals surface area contributed by atoms with Crippen LogP contribution in [0.25, 0.3) is 24.3 Å². The fourth-order valence-corrected chi connectivity index (χ4v) is 2.53. The van der Waals surface area contributed by atoms with Crippen molar-refractivity contribution in [2.24, 2.45) is 0 Å². The summed E-state index contributed by atoms with van der Waals surface area (Å²) in [6.07, 6.45) is 7.95. The van der Waals surface area contributed by atoms with Gasteiger partial charge in [-0.25, -0.2) is 9.18 Å². The Bertz CT molecular complexity index is 951. The second kappa shape index (κ2) is 8.77. The Morgan fingerprint density at radius 2 is 1.00 bits per heavy atom. The van der Waals surface area contributed by atoms with Crippen molar-refractivity contribution in [1.29, 1.82) is 0 Å². The maximum absolute atomic E-state index is 12.9. The highest BCUT2D eigenvalue weighted by molar-refractivity contribution is 5.89. The lowest BCUT2D eigenvalue weighted by atomic mass is 10.1. The summed E-state index contributed by atoms with van der Waals surface area (Å²) in [5.74, 6) is -0.571. The van der Waals surface area contributed by atoms with Crippen LogP contribution < -0.4 is 0 Å². The second-order valence-electron chi connectivity index (χ2n) is 6.00. The molecular weight excluding hydrogens is 339 g/mol. The number of rotatable bonds is 5. The largest absolute Gasteiger partial charge is 0.465 e. The lowest BCUT2D eigenvalue weighted by molar-refractivity contribution is 0.0600. The first-order valence-electron chi connectivity index (χ1n) is 8.54. The van der Waals surface area contributed by atoms with Crippen LogP contribution in [-0.4, -0.2) is 13.1 Å². The van der Waals surface area contributed by atoms with Crippen molar-refractivity contribution in [1.82, 2.24) is 0 Å². The maximum atomic E-state index is 12.9. The summed E-state index contributed by atoms with van der Waals surface area (Å²) in [5, 5.41) is 0. The van der Waals surface area contributed by atoms with Crippen LogP contribution in [0.3, 0.4) is 0 Å². The van der Waals surface area contributed by atoms with E-state index >= 15 is 0 Å². The molecule has 0 aliphatic rings. The number of carbonyl (C=O) groups excluding carboxylic acids is 1. The number of benzene rings is 3. The zero-order chi connectivity index (χ0) is 19.1. The van der Waals surface area contributed by atoms with Crippen molar-refractivity contribution in [3.8, 4) is 0 Å². The fourth-order valence-electron chi connectivity index (χ4n) is 2.53. The van der Waals surface area contributed by atoms with Crippen LogP contribution in [-0.2, 0) is 4.74 Å². The number of ether oxygens (including phenoxy) is 1. The molecule has 3 aromatic rings. The van der Waals surface area contributed by atoms with E-state index in [0.29, 0.717) is 5.56 Å². The number of esters is 1. The number of methoxy groups -OCH3 is 1. The minimum atomic E-state index is -0.338. The predicted molar refractivity (Wildman–Crippen MR) is 108 cm³/mol. The van der Waals surface area contributed by atoms with Gasteiger partial charge in [0, 0.05) is 0 Å². The minimum absolute atomic E-state index is 0.233. The molecule has 0 spiro atoms. The first-order valence-corrected chi connectivity index (χ1v) is 8.54. The summed E-state index contributed by atoms with van der Waals surface area (Å²) in [6.45, 7) is 0. The Hall–Kier alpha value is -3.46. The molecule has 27 heavy (non-hydrogen) atoms. The first kappa shape index (κ1) is 18.3. The maximum Gasteiger partial charge on any atom is 0.337 e. The molecule has 0 amide bonds. The van der Waals surface area contributed by atoms with Crippen LogP contribution in [0.4, 0.5) is 4.39 Å². The Kier molecular flexibility index (Phi) is 5.95. The van der Waals surface area contributed by atoms with Gasteiger partial charge in [-0.3, -0.25) is 0 Å².